The normalized spacial score (nSPS) is 10.6. The van der Waals surface area contributed by atoms with Crippen LogP contribution in [-0.2, 0) is 6.42 Å². The first kappa shape index (κ1) is 12.2. The summed E-state index contributed by atoms with van der Waals surface area (Å²) in [5.41, 5.74) is 2.58. The highest BCUT2D eigenvalue weighted by atomic mass is 16.4. The first-order valence-corrected chi connectivity index (χ1v) is 5.78. The third kappa shape index (κ3) is 1.97. The quantitative estimate of drug-likeness (QED) is 0.874. The molecule has 2 rings (SSSR count). The number of hydrogen-bond donors (Lipinski definition) is 2. The van der Waals surface area contributed by atoms with Gasteiger partial charge in [-0.05, 0) is 37.1 Å². The monoisotopic (exact) mass is 245 g/mol. The van der Waals surface area contributed by atoms with Gasteiger partial charge in [-0.2, -0.15) is 0 Å². The highest BCUT2D eigenvalue weighted by Gasteiger charge is 2.16. The molecule has 0 saturated heterocycles. The summed E-state index contributed by atoms with van der Waals surface area (Å²) in [7, 11) is 0. The predicted octanol–water partition coefficient (Wildman–Crippen LogP) is 2.75. The fraction of sp³-hybridized carbons (Fsp3) is 0.214. The Bertz CT molecular complexity index is 599. The molecule has 0 spiro atoms. The van der Waals surface area contributed by atoms with Gasteiger partial charge in [-0.15, -0.1) is 0 Å². The van der Waals surface area contributed by atoms with Crippen LogP contribution in [-0.4, -0.2) is 20.7 Å². The van der Waals surface area contributed by atoms with E-state index in [1.807, 2.05) is 26.0 Å². The number of rotatable bonds is 3. The van der Waals surface area contributed by atoms with Crippen molar-refractivity contribution in [1.29, 1.82) is 0 Å². The van der Waals surface area contributed by atoms with Crippen molar-refractivity contribution in [2.45, 2.75) is 20.3 Å². The molecule has 0 fully saturated rings. The van der Waals surface area contributed by atoms with E-state index in [0.29, 0.717) is 17.8 Å². The first-order chi connectivity index (χ1) is 8.54. The number of phenols is 1. The number of aryl methyl sites for hydroxylation is 1. The van der Waals surface area contributed by atoms with Gasteiger partial charge in [0.25, 0.3) is 0 Å². The van der Waals surface area contributed by atoms with Crippen molar-refractivity contribution in [2.24, 2.45) is 0 Å². The summed E-state index contributed by atoms with van der Waals surface area (Å²) in [6.07, 6.45) is 2.26. The molecular formula is C14H15NO3. The van der Waals surface area contributed by atoms with Crippen LogP contribution in [0.1, 0.15) is 28.5 Å². The Kier molecular flexibility index (Phi) is 3.10. The van der Waals surface area contributed by atoms with E-state index in [9.17, 15) is 9.90 Å². The van der Waals surface area contributed by atoms with Crippen LogP contribution in [0.15, 0.2) is 30.5 Å². The van der Waals surface area contributed by atoms with Gasteiger partial charge >= 0.3 is 5.97 Å². The van der Waals surface area contributed by atoms with Crippen molar-refractivity contribution in [3.63, 3.8) is 0 Å². The van der Waals surface area contributed by atoms with Crippen molar-refractivity contribution in [3.05, 3.63) is 47.3 Å². The zero-order valence-electron chi connectivity index (χ0n) is 10.3. The van der Waals surface area contributed by atoms with Crippen LogP contribution < -0.4 is 0 Å². The molecule has 1 aromatic heterocycles. The largest absolute Gasteiger partial charge is 0.506 e. The highest BCUT2D eigenvalue weighted by molar-refractivity contribution is 5.89. The van der Waals surface area contributed by atoms with Crippen LogP contribution in [0.3, 0.4) is 0 Å². The molecule has 2 aromatic rings. The Labute approximate surface area is 105 Å². The average Bonchev–Trinajstić information content (AvgIpc) is 2.75. The molecule has 0 aliphatic carbocycles. The predicted molar refractivity (Wildman–Crippen MR) is 68.5 cm³/mol. The molecule has 0 aliphatic rings. The maximum atomic E-state index is 11.1. The maximum Gasteiger partial charge on any atom is 0.337 e. The van der Waals surface area contributed by atoms with Crippen LogP contribution in [0.4, 0.5) is 0 Å². The number of nitrogens with zero attached hydrogens (tertiary/aromatic N) is 1. The lowest BCUT2D eigenvalue weighted by Gasteiger charge is -2.11. The standard InChI is InChI=1S/C14H15NO3/c1-3-11-10(14(17)18)6-7-15(11)12-8-9(2)4-5-13(12)16/h4-8,16H,3H2,1-2H3,(H,17,18). The summed E-state index contributed by atoms with van der Waals surface area (Å²) < 4.78 is 1.73. The fourth-order valence-electron chi connectivity index (χ4n) is 2.07. The Balaban J connectivity index is 2.64. The van der Waals surface area contributed by atoms with E-state index >= 15 is 0 Å². The average molecular weight is 245 g/mol. The summed E-state index contributed by atoms with van der Waals surface area (Å²) >= 11 is 0. The number of carbonyl (C=O) groups is 1. The van der Waals surface area contributed by atoms with Gasteiger partial charge in [-0.25, -0.2) is 4.79 Å². The van der Waals surface area contributed by atoms with Crippen molar-refractivity contribution in [1.82, 2.24) is 4.57 Å². The van der Waals surface area contributed by atoms with Crippen LogP contribution in [0, 0.1) is 6.92 Å². The summed E-state index contributed by atoms with van der Waals surface area (Å²) in [6.45, 7) is 3.82. The third-order valence-corrected chi connectivity index (χ3v) is 2.95. The molecule has 0 atom stereocenters. The lowest BCUT2D eigenvalue weighted by molar-refractivity contribution is 0.0695. The van der Waals surface area contributed by atoms with E-state index < -0.39 is 5.97 Å². The molecule has 94 valence electrons. The second-order valence-electron chi connectivity index (χ2n) is 4.20. The number of carboxylic acids is 1. The molecule has 1 aromatic carbocycles. The van der Waals surface area contributed by atoms with Crippen LogP contribution in [0.5, 0.6) is 5.75 Å². The van der Waals surface area contributed by atoms with Crippen molar-refractivity contribution in [2.75, 3.05) is 0 Å². The minimum Gasteiger partial charge on any atom is -0.506 e. The van der Waals surface area contributed by atoms with Gasteiger partial charge in [0.1, 0.15) is 5.75 Å². The summed E-state index contributed by atoms with van der Waals surface area (Å²) in [5, 5.41) is 19.0. The number of aromatic carboxylic acids is 1. The number of phenolic OH excluding ortho intramolecular Hbond substituents is 1. The Morgan fingerprint density at radius 1 is 1.33 bits per heavy atom. The van der Waals surface area contributed by atoms with Crippen LogP contribution in [0.2, 0.25) is 0 Å². The third-order valence-electron chi connectivity index (χ3n) is 2.95. The van der Waals surface area contributed by atoms with Crippen molar-refractivity contribution < 1.29 is 15.0 Å². The van der Waals surface area contributed by atoms with Gasteiger partial charge in [0.05, 0.1) is 11.3 Å². The Hall–Kier alpha value is -2.23. The molecule has 0 aliphatic heterocycles. The number of aromatic nitrogens is 1. The van der Waals surface area contributed by atoms with Gasteiger partial charge in [0, 0.05) is 11.9 Å². The molecule has 0 unspecified atom stereocenters. The van der Waals surface area contributed by atoms with Gasteiger partial charge in [-0.1, -0.05) is 13.0 Å². The molecule has 4 nitrogen and oxygen atoms in total. The number of carboxylic acid groups (broad SMARTS) is 1. The first-order valence-electron chi connectivity index (χ1n) is 5.78. The molecular weight excluding hydrogens is 230 g/mol. The summed E-state index contributed by atoms with van der Waals surface area (Å²) in [6, 6.07) is 6.82. The lowest BCUT2D eigenvalue weighted by atomic mass is 10.1. The van der Waals surface area contributed by atoms with E-state index in [4.69, 9.17) is 5.11 Å². The lowest BCUT2D eigenvalue weighted by Crippen LogP contribution is -2.04. The molecule has 0 bridgehead atoms. The molecule has 1 heterocycles. The van der Waals surface area contributed by atoms with Crippen LogP contribution in [0.25, 0.3) is 5.69 Å². The van der Waals surface area contributed by atoms with Gasteiger partial charge in [0.2, 0.25) is 0 Å². The zero-order valence-corrected chi connectivity index (χ0v) is 10.3. The van der Waals surface area contributed by atoms with Gasteiger partial charge in [0.15, 0.2) is 0 Å². The van der Waals surface area contributed by atoms with E-state index in [1.54, 1.807) is 22.9 Å². The smallest absolute Gasteiger partial charge is 0.337 e. The number of hydrogen-bond acceptors (Lipinski definition) is 2. The molecule has 2 N–H and O–H groups in total. The Morgan fingerprint density at radius 3 is 2.67 bits per heavy atom. The highest BCUT2D eigenvalue weighted by Crippen LogP contribution is 2.26. The van der Waals surface area contributed by atoms with Crippen molar-refractivity contribution >= 4 is 5.97 Å². The second kappa shape index (κ2) is 4.56. The topological polar surface area (TPSA) is 62.5 Å². The summed E-state index contributed by atoms with van der Waals surface area (Å²) in [5.74, 6) is -0.805. The molecule has 0 amide bonds. The minimum atomic E-state index is -0.947. The summed E-state index contributed by atoms with van der Waals surface area (Å²) in [4.78, 5) is 11.1. The van der Waals surface area contributed by atoms with Gasteiger partial charge < -0.3 is 14.8 Å². The maximum absolute atomic E-state index is 11.1. The van der Waals surface area contributed by atoms with Gasteiger partial charge in [-0.3, -0.25) is 0 Å². The second-order valence-corrected chi connectivity index (χ2v) is 4.20. The van der Waals surface area contributed by atoms with Crippen molar-refractivity contribution in [3.8, 4) is 11.4 Å². The van der Waals surface area contributed by atoms with E-state index in [2.05, 4.69) is 0 Å². The van der Waals surface area contributed by atoms with Crippen LogP contribution >= 0.6 is 0 Å². The SMILES string of the molecule is CCc1c(C(=O)O)ccn1-c1cc(C)ccc1O. The molecule has 0 saturated carbocycles. The fourth-order valence-corrected chi connectivity index (χ4v) is 2.07. The van der Waals surface area contributed by atoms with E-state index in [1.165, 1.54) is 0 Å². The molecule has 18 heavy (non-hydrogen) atoms. The number of aromatic hydroxyl groups is 1. The minimum absolute atomic E-state index is 0.142. The Morgan fingerprint density at radius 2 is 2.06 bits per heavy atom. The molecule has 0 radical (unpaired) electrons. The van der Waals surface area contributed by atoms with E-state index in [0.717, 1.165) is 5.56 Å². The van der Waals surface area contributed by atoms with E-state index in [-0.39, 0.29) is 11.3 Å². The zero-order chi connectivity index (χ0) is 13.3. The molecule has 4 heteroatoms. The number of benzene rings is 1.